The molecular formula is C20H18N2O2S. The average molecular weight is 350 g/mol. The maximum atomic E-state index is 12.6. The molecule has 1 aliphatic rings. The minimum Gasteiger partial charge on any atom is -0.497 e. The molecule has 3 aromatic rings. The van der Waals surface area contributed by atoms with Gasteiger partial charge in [0.25, 0.3) is 5.91 Å². The fraction of sp³-hybridized carbons (Fsp3) is 0.150. The van der Waals surface area contributed by atoms with Crippen LogP contribution in [-0.2, 0) is 0 Å². The number of nitrogens with one attached hydrogen (secondary N) is 1. The summed E-state index contributed by atoms with van der Waals surface area (Å²) in [7, 11) is 1.66. The first kappa shape index (κ1) is 15.8. The average Bonchev–Trinajstić information content (AvgIpc) is 2.94. The highest BCUT2D eigenvalue weighted by atomic mass is 32.2. The van der Waals surface area contributed by atoms with Crippen LogP contribution < -0.4 is 14.4 Å². The van der Waals surface area contributed by atoms with Gasteiger partial charge in [0.1, 0.15) is 5.75 Å². The summed E-state index contributed by atoms with van der Waals surface area (Å²) >= 11 is 1.55. The van der Waals surface area contributed by atoms with Crippen LogP contribution in [0.3, 0.4) is 0 Å². The summed E-state index contributed by atoms with van der Waals surface area (Å²) in [5.74, 6) is 0.924. The van der Waals surface area contributed by atoms with Crippen molar-refractivity contribution in [3.05, 3.63) is 60.2 Å². The van der Waals surface area contributed by atoms with Gasteiger partial charge in [-0.15, -0.1) is 0 Å². The van der Waals surface area contributed by atoms with Crippen molar-refractivity contribution in [2.75, 3.05) is 23.3 Å². The number of nitrogens with zero attached hydrogens (tertiary/aromatic N) is 1. The molecule has 4 nitrogen and oxygen atoms in total. The van der Waals surface area contributed by atoms with E-state index in [4.69, 9.17) is 4.74 Å². The van der Waals surface area contributed by atoms with Gasteiger partial charge in [0, 0.05) is 28.1 Å². The predicted octanol–water partition coefficient (Wildman–Crippen LogP) is 4.95. The Kier molecular flexibility index (Phi) is 4.01. The van der Waals surface area contributed by atoms with Gasteiger partial charge in [-0.3, -0.25) is 4.79 Å². The van der Waals surface area contributed by atoms with Crippen molar-refractivity contribution < 1.29 is 9.53 Å². The molecule has 0 atom stereocenters. The minimum absolute atomic E-state index is 0.0911. The van der Waals surface area contributed by atoms with Gasteiger partial charge < -0.3 is 14.4 Å². The van der Waals surface area contributed by atoms with E-state index in [0.717, 1.165) is 38.4 Å². The maximum absolute atomic E-state index is 12.6. The lowest BCUT2D eigenvalue weighted by Gasteiger charge is -2.15. The van der Waals surface area contributed by atoms with Crippen molar-refractivity contribution in [1.29, 1.82) is 0 Å². The second-order valence-electron chi connectivity index (χ2n) is 5.79. The molecule has 0 spiro atoms. The number of benzene rings is 3. The summed E-state index contributed by atoms with van der Waals surface area (Å²) in [6.45, 7) is 2.68. The van der Waals surface area contributed by atoms with Crippen molar-refractivity contribution in [1.82, 2.24) is 0 Å². The van der Waals surface area contributed by atoms with Crippen molar-refractivity contribution in [2.45, 2.75) is 11.8 Å². The van der Waals surface area contributed by atoms with E-state index in [9.17, 15) is 4.79 Å². The topological polar surface area (TPSA) is 41.6 Å². The standard InChI is InChI=1S/C20H18N2O2S/c1-3-22-17-11-12-18(15-5-4-6-16(19(15)17)20(22)23)25-21-13-7-9-14(24-2)10-8-13/h4-12,21H,3H2,1-2H3. The monoisotopic (exact) mass is 350 g/mol. The fourth-order valence-corrected chi connectivity index (χ4v) is 3.98. The van der Waals surface area contributed by atoms with Crippen molar-refractivity contribution >= 4 is 40.0 Å². The van der Waals surface area contributed by atoms with Crippen LogP contribution in [-0.4, -0.2) is 19.6 Å². The SMILES string of the molecule is CCN1C(=O)c2cccc3c(SNc4ccc(OC)cc4)ccc1c23. The third-order valence-corrected chi connectivity index (χ3v) is 5.34. The van der Waals surface area contributed by atoms with E-state index < -0.39 is 0 Å². The summed E-state index contributed by atoms with van der Waals surface area (Å²) < 4.78 is 8.55. The van der Waals surface area contributed by atoms with Crippen LogP contribution in [0.2, 0.25) is 0 Å². The van der Waals surface area contributed by atoms with E-state index in [1.807, 2.05) is 54.3 Å². The Morgan fingerprint density at radius 1 is 1.08 bits per heavy atom. The summed E-state index contributed by atoms with van der Waals surface area (Å²) in [6, 6.07) is 17.9. The Hall–Kier alpha value is -2.66. The molecule has 126 valence electrons. The number of ether oxygens (including phenoxy) is 1. The quantitative estimate of drug-likeness (QED) is 0.661. The number of anilines is 2. The van der Waals surface area contributed by atoms with E-state index in [1.54, 1.807) is 19.1 Å². The molecule has 4 rings (SSSR count). The van der Waals surface area contributed by atoms with Gasteiger partial charge in [0.05, 0.1) is 12.8 Å². The zero-order chi connectivity index (χ0) is 17.4. The lowest BCUT2D eigenvalue weighted by atomic mass is 10.1. The van der Waals surface area contributed by atoms with E-state index in [0.29, 0.717) is 6.54 Å². The minimum atomic E-state index is 0.0911. The Labute approximate surface area is 150 Å². The number of hydrogen-bond donors (Lipinski definition) is 1. The van der Waals surface area contributed by atoms with E-state index in [-0.39, 0.29) is 5.91 Å². The molecule has 5 heteroatoms. The third-order valence-electron chi connectivity index (χ3n) is 4.43. The highest BCUT2D eigenvalue weighted by Gasteiger charge is 2.29. The van der Waals surface area contributed by atoms with Crippen molar-refractivity contribution in [3.63, 3.8) is 0 Å². The van der Waals surface area contributed by atoms with Crippen LogP contribution in [0.1, 0.15) is 17.3 Å². The predicted molar refractivity (Wildman–Crippen MR) is 104 cm³/mol. The van der Waals surface area contributed by atoms with Crippen LogP contribution >= 0.6 is 11.9 Å². The number of rotatable bonds is 5. The van der Waals surface area contributed by atoms with Gasteiger partial charge in [0.2, 0.25) is 0 Å². The number of hydrogen-bond acceptors (Lipinski definition) is 4. The van der Waals surface area contributed by atoms with Gasteiger partial charge >= 0.3 is 0 Å². The van der Waals surface area contributed by atoms with Crippen LogP contribution in [0.4, 0.5) is 11.4 Å². The lowest BCUT2D eigenvalue weighted by Crippen LogP contribution is -2.25. The summed E-state index contributed by atoms with van der Waals surface area (Å²) in [5.41, 5.74) is 2.80. The molecule has 3 aromatic carbocycles. The van der Waals surface area contributed by atoms with Gasteiger partial charge in [-0.25, -0.2) is 0 Å². The summed E-state index contributed by atoms with van der Waals surface area (Å²) in [5, 5.41) is 2.15. The molecule has 0 bridgehead atoms. The Balaban J connectivity index is 1.67. The highest BCUT2D eigenvalue weighted by molar-refractivity contribution is 8.00. The number of carbonyl (C=O) groups excluding carboxylic acids is 1. The first-order chi connectivity index (χ1) is 12.2. The third kappa shape index (κ3) is 2.61. The van der Waals surface area contributed by atoms with Gasteiger partial charge in [-0.1, -0.05) is 12.1 Å². The number of methoxy groups -OCH3 is 1. The number of carbonyl (C=O) groups is 1. The highest BCUT2D eigenvalue weighted by Crippen LogP contribution is 2.41. The molecule has 0 saturated heterocycles. The smallest absolute Gasteiger partial charge is 0.258 e. The van der Waals surface area contributed by atoms with Gasteiger partial charge in [-0.2, -0.15) is 0 Å². The molecular weight excluding hydrogens is 332 g/mol. The van der Waals surface area contributed by atoms with Crippen LogP contribution in [0.15, 0.2) is 59.5 Å². The first-order valence-electron chi connectivity index (χ1n) is 8.17. The Morgan fingerprint density at radius 3 is 2.60 bits per heavy atom. The molecule has 0 unspecified atom stereocenters. The van der Waals surface area contributed by atoms with Gasteiger partial charge in [-0.05, 0) is 66.7 Å². The first-order valence-corrected chi connectivity index (χ1v) is 8.99. The molecule has 1 aliphatic heterocycles. The Morgan fingerprint density at radius 2 is 1.88 bits per heavy atom. The van der Waals surface area contributed by atoms with E-state index in [2.05, 4.69) is 16.9 Å². The molecule has 0 aromatic heterocycles. The van der Waals surface area contributed by atoms with Crippen molar-refractivity contribution in [3.8, 4) is 5.75 Å². The van der Waals surface area contributed by atoms with Crippen LogP contribution in [0.25, 0.3) is 10.8 Å². The molecule has 25 heavy (non-hydrogen) atoms. The lowest BCUT2D eigenvalue weighted by molar-refractivity contribution is 0.0994. The summed E-state index contributed by atoms with van der Waals surface area (Å²) in [4.78, 5) is 15.5. The molecule has 1 amide bonds. The fourth-order valence-electron chi connectivity index (χ4n) is 3.20. The molecule has 1 N–H and O–H groups in total. The zero-order valence-corrected chi connectivity index (χ0v) is 14.9. The van der Waals surface area contributed by atoms with Crippen molar-refractivity contribution in [2.24, 2.45) is 0 Å². The summed E-state index contributed by atoms with van der Waals surface area (Å²) in [6.07, 6.45) is 0. The van der Waals surface area contributed by atoms with Gasteiger partial charge in [0.15, 0.2) is 0 Å². The molecule has 0 saturated carbocycles. The van der Waals surface area contributed by atoms with E-state index in [1.165, 1.54) is 0 Å². The second kappa shape index (κ2) is 6.33. The second-order valence-corrected chi connectivity index (χ2v) is 6.64. The molecule has 0 fully saturated rings. The molecule has 0 radical (unpaired) electrons. The Bertz CT molecular complexity index is 954. The zero-order valence-electron chi connectivity index (χ0n) is 14.1. The largest absolute Gasteiger partial charge is 0.497 e. The van der Waals surface area contributed by atoms with Crippen LogP contribution in [0.5, 0.6) is 5.75 Å². The molecule has 1 heterocycles. The normalized spacial score (nSPS) is 12.7. The van der Waals surface area contributed by atoms with Crippen LogP contribution in [0, 0.1) is 0 Å². The number of amides is 1. The van der Waals surface area contributed by atoms with E-state index >= 15 is 0 Å². The maximum Gasteiger partial charge on any atom is 0.258 e. The molecule has 0 aliphatic carbocycles.